The van der Waals surface area contributed by atoms with Crippen molar-refractivity contribution >= 4 is 27.5 Å². The Kier molecular flexibility index (Phi) is 9.26. The molecule has 32 heavy (non-hydrogen) atoms. The number of carbonyl (C=O) groups is 2. The Bertz CT molecular complexity index is 981. The van der Waals surface area contributed by atoms with Crippen molar-refractivity contribution in [1.82, 2.24) is 10.2 Å². The minimum absolute atomic E-state index is 0.0259. The average Bonchev–Trinajstić information content (AvgIpc) is 2.77. The normalized spacial score (nSPS) is 13.1. The second kappa shape index (κ2) is 11.7. The van der Waals surface area contributed by atoms with Crippen molar-refractivity contribution in [3.63, 3.8) is 0 Å². The van der Waals surface area contributed by atoms with Gasteiger partial charge in [-0.25, -0.2) is 8.42 Å². The molecule has 174 valence electrons. The number of rotatable bonds is 11. The Morgan fingerprint density at radius 3 is 2.00 bits per heavy atom. The van der Waals surface area contributed by atoms with Crippen LogP contribution < -0.4 is 9.62 Å². The fourth-order valence-electron chi connectivity index (χ4n) is 3.35. The summed E-state index contributed by atoms with van der Waals surface area (Å²) in [7, 11) is -3.71. The van der Waals surface area contributed by atoms with Gasteiger partial charge in [0.05, 0.1) is 11.9 Å². The number of nitrogens with zero attached hydrogens (tertiary/aromatic N) is 2. The van der Waals surface area contributed by atoms with Gasteiger partial charge >= 0.3 is 0 Å². The quantitative estimate of drug-likeness (QED) is 0.559. The lowest BCUT2D eigenvalue weighted by molar-refractivity contribution is -0.140. The topological polar surface area (TPSA) is 86.8 Å². The number of hydrogen-bond donors (Lipinski definition) is 1. The van der Waals surface area contributed by atoms with Crippen LogP contribution in [0, 0.1) is 0 Å². The number of para-hydroxylation sites is 1. The van der Waals surface area contributed by atoms with Crippen LogP contribution in [0.3, 0.4) is 0 Å². The zero-order valence-electron chi connectivity index (χ0n) is 19.2. The van der Waals surface area contributed by atoms with E-state index in [0.717, 1.165) is 22.5 Å². The number of sulfonamides is 1. The van der Waals surface area contributed by atoms with Gasteiger partial charge in [0, 0.05) is 12.6 Å². The summed E-state index contributed by atoms with van der Waals surface area (Å²) in [6.07, 6.45) is 2.25. The molecule has 0 aliphatic heterocycles. The van der Waals surface area contributed by atoms with E-state index in [0.29, 0.717) is 12.1 Å². The van der Waals surface area contributed by atoms with Gasteiger partial charge < -0.3 is 10.2 Å². The van der Waals surface area contributed by atoms with Crippen LogP contribution in [0.4, 0.5) is 5.69 Å². The van der Waals surface area contributed by atoms with Crippen LogP contribution in [0.25, 0.3) is 0 Å². The lowest BCUT2D eigenvalue weighted by Crippen LogP contribution is -2.53. The average molecular weight is 460 g/mol. The van der Waals surface area contributed by atoms with E-state index in [9.17, 15) is 18.0 Å². The molecule has 0 aromatic heterocycles. The van der Waals surface area contributed by atoms with Crippen LogP contribution in [-0.2, 0) is 26.2 Å². The molecule has 0 aliphatic rings. The minimum atomic E-state index is -3.71. The number of anilines is 1. The van der Waals surface area contributed by atoms with Gasteiger partial charge in [-0.05, 0) is 37.5 Å². The van der Waals surface area contributed by atoms with E-state index in [-0.39, 0.29) is 25.0 Å². The number of amides is 2. The lowest BCUT2D eigenvalue weighted by Gasteiger charge is -2.33. The van der Waals surface area contributed by atoms with E-state index >= 15 is 0 Å². The highest BCUT2D eigenvalue weighted by atomic mass is 32.2. The first kappa shape index (κ1) is 25.4. The summed E-state index contributed by atoms with van der Waals surface area (Å²) in [6, 6.07) is 17.1. The number of carbonyl (C=O) groups excluding carboxylic acids is 2. The van der Waals surface area contributed by atoms with E-state index < -0.39 is 22.0 Å². The fourth-order valence-corrected chi connectivity index (χ4v) is 4.20. The maximum Gasteiger partial charge on any atom is 0.244 e. The standard InChI is InChI=1S/C24H33N3O4S/c1-5-19(3)25-24(29)22(6-2)26(17-20-13-9-7-10-14-20)23(28)18-27(32(4,30)31)21-15-11-8-12-16-21/h7-16,19,22H,5-6,17-18H2,1-4H3,(H,25,29)/t19-,22+/m1/s1. The molecule has 8 heteroatoms. The molecular formula is C24H33N3O4S. The largest absolute Gasteiger partial charge is 0.352 e. The summed E-state index contributed by atoms with van der Waals surface area (Å²) in [4.78, 5) is 28.0. The molecule has 2 aromatic rings. The van der Waals surface area contributed by atoms with Crippen molar-refractivity contribution < 1.29 is 18.0 Å². The summed E-state index contributed by atoms with van der Waals surface area (Å²) in [5.74, 6) is -0.675. The Labute approximate surface area is 191 Å². The van der Waals surface area contributed by atoms with Crippen molar-refractivity contribution in [2.75, 3.05) is 17.1 Å². The third-order valence-corrected chi connectivity index (χ3v) is 6.45. The van der Waals surface area contributed by atoms with Crippen molar-refractivity contribution in [1.29, 1.82) is 0 Å². The second-order valence-corrected chi connectivity index (χ2v) is 9.76. The first-order valence-corrected chi connectivity index (χ1v) is 12.7. The highest BCUT2D eigenvalue weighted by Crippen LogP contribution is 2.19. The van der Waals surface area contributed by atoms with Crippen molar-refractivity contribution in [2.24, 2.45) is 0 Å². The monoisotopic (exact) mass is 459 g/mol. The maximum atomic E-state index is 13.5. The summed E-state index contributed by atoms with van der Waals surface area (Å²) in [5.41, 5.74) is 1.27. The van der Waals surface area contributed by atoms with Gasteiger partial charge in [0.15, 0.2) is 0 Å². The molecule has 0 heterocycles. The van der Waals surface area contributed by atoms with Crippen LogP contribution in [0.2, 0.25) is 0 Å². The van der Waals surface area contributed by atoms with Gasteiger partial charge in [0.1, 0.15) is 12.6 Å². The Morgan fingerprint density at radius 2 is 1.50 bits per heavy atom. The van der Waals surface area contributed by atoms with Crippen molar-refractivity contribution in [2.45, 2.75) is 52.2 Å². The van der Waals surface area contributed by atoms with Crippen LogP contribution in [-0.4, -0.2) is 50.0 Å². The number of benzene rings is 2. The van der Waals surface area contributed by atoms with Gasteiger partial charge in [-0.15, -0.1) is 0 Å². The van der Waals surface area contributed by atoms with Gasteiger partial charge in [0.25, 0.3) is 0 Å². The lowest BCUT2D eigenvalue weighted by atomic mass is 10.1. The molecule has 0 saturated heterocycles. The SMILES string of the molecule is CC[C@@H](C)NC(=O)[C@H](CC)N(Cc1ccccc1)C(=O)CN(c1ccccc1)S(C)(=O)=O. The summed E-state index contributed by atoms with van der Waals surface area (Å²) in [6.45, 7) is 5.55. The third kappa shape index (κ3) is 7.09. The minimum Gasteiger partial charge on any atom is -0.352 e. The predicted octanol–water partition coefficient (Wildman–Crippen LogP) is 3.17. The van der Waals surface area contributed by atoms with Gasteiger partial charge in [0.2, 0.25) is 21.8 Å². The predicted molar refractivity (Wildman–Crippen MR) is 128 cm³/mol. The molecule has 7 nitrogen and oxygen atoms in total. The van der Waals surface area contributed by atoms with Crippen LogP contribution in [0.5, 0.6) is 0 Å². The van der Waals surface area contributed by atoms with E-state index in [2.05, 4.69) is 5.32 Å². The molecule has 0 aliphatic carbocycles. The molecule has 0 fully saturated rings. The zero-order chi connectivity index (χ0) is 23.7. The highest BCUT2D eigenvalue weighted by molar-refractivity contribution is 7.92. The molecule has 2 amide bonds. The molecule has 1 N–H and O–H groups in total. The van der Waals surface area contributed by atoms with Crippen LogP contribution in [0.1, 0.15) is 39.2 Å². The molecular weight excluding hydrogens is 426 g/mol. The summed E-state index contributed by atoms with van der Waals surface area (Å²) >= 11 is 0. The molecule has 0 bridgehead atoms. The van der Waals surface area contributed by atoms with Crippen molar-refractivity contribution in [3.05, 3.63) is 66.2 Å². The van der Waals surface area contributed by atoms with E-state index in [1.165, 1.54) is 4.90 Å². The number of hydrogen-bond acceptors (Lipinski definition) is 4. The molecule has 0 saturated carbocycles. The van der Waals surface area contributed by atoms with Gasteiger partial charge in [-0.1, -0.05) is 62.4 Å². The highest BCUT2D eigenvalue weighted by Gasteiger charge is 2.32. The van der Waals surface area contributed by atoms with Crippen molar-refractivity contribution in [3.8, 4) is 0 Å². The first-order chi connectivity index (χ1) is 15.2. The van der Waals surface area contributed by atoms with Gasteiger partial charge in [-0.2, -0.15) is 0 Å². The van der Waals surface area contributed by atoms with E-state index in [4.69, 9.17) is 0 Å². The van der Waals surface area contributed by atoms with Crippen LogP contribution in [0.15, 0.2) is 60.7 Å². The van der Waals surface area contributed by atoms with Gasteiger partial charge in [-0.3, -0.25) is 13.9 Å². The zero-order valence-corrected chi connectivity index (χ0v) is 20.0. The smallest absolute Gasteiger partial charge is 0.244 e. The molecule has 0 radical (unpaired) electrons. The summed E-state index contributed by atoms with van der Waals surface area (Å²) < 4.78 is 26.0. The Balaban J connectivity index is 2.38. The Morgan fingerprint density at radius 1 is 0.938 bits per heavy atom. The molecule has 0 spiro atoms. The molecule has 2 atom stereocenters. The second-order valence-electron chi connectivity index (χ2n) is 7.85. The van der Waals surface area contributed by atoms with E-state index in [1.807, 2.05) is 51.1 Å². The molecule has 2 aromatic carbocycles. The first-order valence-electron chi connectivity index (χ1n) is 10.8. The fraction of sp³-hybridized carbons (Fsp3) is 0.417. The van der Waals surface area contributed by atoms with E-state index in [1.54, 1.807) is 30.3 Å². The Hall–Kier alpha value is -2.87. The maximum absolute atomic E-state index is 13.5. The molecule has 2 rings (SSSR count). The number of nitrogens with one attached hydrogen (secondary N) is 1. The summed E-state index contributed by atoms with van der Waals surface area (Å²) in [5, 5.41) is 2.95. The third-order valence-electron chi connectivity index (χ3n) is 5.31. The van der Waals surface area contributed by atoms with Crippen LogP contribution >= 0.6 is 0 Å². The molecule has 0 unspecified atom stereocenters.